The molecule has 126 valence electrons. The van der Waals surface area contributed by atoms with Gasteiger partial charge >= 0.3 is 0 Å². The maximum absolute atomic E-state index is 6.13. The number of hydrogen-bond donors (Lipinski definition) is 0. The van der Waals surface area contributed by atoms with Crippen LogP contribution in [0.3, 0.4) is 0 Å². The largest absolute Gasteiger partial charge is 0.454 e. The van der Waals surface area contributed by atoms with Crippen molar-refractivity contribution >= 4 is 0 Å². The topological polar surface area (TPSA) is 48.8 Å². The van der Waals surface area contributed by atoms with E-state index in [0.717, 1.165) is 37.6 Å². The predicted molar refractivity (Wildman–Crippen MR) is 87.0 cm³/mol. The molecule has 0 aliphatic carbocycles. The van der Waals surface area contributed by atoms with Crippen molar-refractivity contribution in [3.8, 4) is 11.5 Å². The molecule has 1 aromatic carbocycles. The molecule has 3 atom stereocenters. The minimum absolute atomic E-state index is 0.229. The summed E-state index contributed by atoms with van der Waals surface area (Å²) in [6.45, 7) is 3.05. The van der Waals surface area contributed by atoms with Crippen LogP contribution < -0.4 is 9.47 Å². The van der Waals surface area contributed by atoms with Crippen LogP contribution in [0.25, 0.3) is 0 Å². The van der Waals surface area contributed by atoms with Crippen molar-refractivity contribution in [3.05, 3.63) is 42.2 Å². The van der Waals surface area contributed by atoms with Crippen molar-refractivity contribution in [2.75, 3.05) is 19.9 Å². The van der Waals surface area contributed by atoms with E-state index in [1.54, 1.807) is 0 Å². The Labute approximate surface area is 140 Å². The zero-order chi connectivity index (χ0) is 15.9. The lowest BCUT2D eigenvalue weighted by atomic mass is 10.0. The Balaban J connectivity index is 1.39. The normalized spacial score (nSPS) is 28.9. The summed E-state index contributed by atoms with van der Waals surface area (Å²) in [5.41, 5.74) is 1.25. The lowest BCUT2D eigenvalue weighted by Crippen LogP contribution is -2.40. The SMILES string of the molecule is c1cnn([C@H]2CN(Cc3ccc4c(c3)OCO4)[C@H]3CCCO[C@H]32)c1. The maximum Gasteiger partial charge on any atom is 0.231 e. The van der Waals surface area contributed by atoms with E-state index in [2.05, 4.69) is 26.8 Å². The lowest BCUT2D eigenvalue weighted by Gasteiger charge is -2.32. The molecule has 6 nitrogen and oxygen atoms in total. The summed E-state index contributed by atoms with van der Waals surface area (Å²) < 4.78 is 19.1. The number of rotatable bonds is 3. The highest BCUT2D eigenvalue weighted by atomic mass is 16.7. The molecule has 4 heterocycles. The summed E-state index contributed by atoms with van der Waals surface area (Å²) in [6.07, 6.45) is 6.44. The van der Waals surface area contributed by atoms with E-state index in [4.69, 9.17) is 14.2 Å². The number of ether oxygens (including phenoxy) is 3. The molecule has 0 radical (unpaired) electrons. The van der Waals surface area contributed by atoms with E-state index < -0.39 is 0 Å². The maximum atomic E-state index is 6.13. The molecular weight excluding hydrogens is 306 g/mol. The van der Waals surface area contributed by atoms with E-state index in [9.17, 15) is 0 Å². The van der Waals surface area contributed by atoms with Crippen LogP contribution in [0.15, 0.2) is 36.7 Å². The summed E-state index contributed by atoms with van der Waals surface area (Å²) in [5, 5.41) is 4.45. The van der Waals surface area contributed by atoms with Gasteiger partial charge in [-0.15, -0.1) is 0 Å². The summed E-state index contributed by atoms with van der Waals surface area (Å²) in [7, 11) is 0. The molecule has 0 N–H and O–H groups in total. The zero-order valence-electron chi connectivity index (χ0n) is 13.5. The first-order chi connectivity index (χ1) is 11.9. The standard InChI is InChI=1S/C18H21N3O3/c1-3-14-18(22-8-1)15(21-7-2-6-19-21)11-20(14)10-13-4-5-16-17(9-13)24-12-23-16/h2,4-7,9,14-15,18H,1,3,8,10-12H2/t14-,15-,18+/m0/s1. The zero-order valence-corrected chi connectivity index (χ0v) is 13.5. The minimum Gasteiger partial charge on any atom is -0.454 e. The highest BCUT2D eigenvalue weighted by molar-refractivity contribution is 5.44. The molecule has 2 fully saturated rings. The van der Waals surface area contributed by atoms with Crippen molar-refractivity contribution in [1.29, 1.82) is 0 Å². The van der Waals surface area contributed by atoms with Crippen molar-refractivity contribution in [3.63, 3.8) is 0 Å². The van der Waals surface area contributed by atoms with Crippen molar-refractivity contribution in [1.82, 2.24) is 14.7 Å². The monoisotopic (exact) mass is 327 g/mol. The number of benzene rings is 1. The summed E-state index contributed by atoms with van der Waals surface area (Å²) in [6, 6.07) is 8.97. The van der Waals surface area contributed by atoms with Crippen molar-refractivity contribution in [2.45, 2.75) is 37.6 Å². The Kier molecular flexibility index (Phi) is 3.45. The molecule has 0 bridgehead atoms. The molecular formula is C18H21N3O3. The number of fused-ring (bicyclic) bond motifs is 2. The van der Waals surface area contributed by atoms with Gasteiger partial charge in [0.15, 0.2) is 11.5 Å². The molecule has 1 aromatic heterocycles. The molecule has 0 amide bonds. The van der Waals surface area contributed by atoms with Gasteiger partial charge in [0, 0.05) is 38.1 Å². The fourth-order valence-electron chi connectivity index (χ4n) is 4.19. The molecule has 0 spiro atoms. The second-order valence-electron chi connectivity index (χ2n) is 6.72. The van der Waals surface area contributed by atoms with Crippen LogP contribution in [0, 0.1) is 0 Å². The minimum atomic E-state index is 0.229. The first kappa shape index (κ1) is 14.3. The van der Waals surface area contributed by atoms with Crippen LogP contribution in [0.4, 0.5) is 0 Å². The first-order valence-electron chi connectivity index (χ1n) is 8.62. The number of likely N-dealkylation sites (tertiary alicyclic amines) is 1. The number of nitrogens with zero attached hydrogens (tertiary/aromatic N) is 3. The highest BCUT2D eigenvalue weighted by Crippen LogP contribution is 2.38. The quantitative estimate of drug-likeness (QED) is 0.865. The Bertz CT molecular complexity index is 718. The van der Waals surface area contributed by atoms with Gasteiger partial charge in [-0.05, 0) is 36.6 Å². The molecule has 2 aromatic rings. The van der Waals surface area contributed by atoms with Crippen LogP contribution in [-0.2, 0) is 11.3 Å². The van der Waals surface area contributed by atoms with Gasteiger partial charge in [0.25, 0.3) is 0 Å². The molecule has 24 heavy (non-hydrogen) atoms. The number of hydrogen-bond acceptors (Lipinski definition) is 5. The average Bonchev–Trinajstić information content (AvgIpc) is 3.34. The Hall–Kier alpha value is -2.05. The summed E-state index contributed by atoms with van der Waals surface area (Å²) in [4.78, 5) is 2.54. The van der Waals surface area contributed by atoms with Gasteiger partial charge in [-0.1, -0.05) is 6.07 Å². The van der Waals surface area contributed by atoms with Crippen molar-refractivity contribution in [2.24, 2.45) is 0 Å². The van der Waals surface area contributed by atoms with E-state index in [1.165, 1.54) is 12.0 Å². The average molecular weight is 327 g/mol. The van der Waals surface area contributed by atoms with E-state index in [-0.39, 0.29) is 6.10 Å². The van der Waals surface area contributed by atoms with Crippen LogP contribution in [0.5, 0.6) is 11.5 Å². The van der Waals surface area contributed by atoms with Gasteiger partial charge in [0.2, 0.25) is 6.79 Å². The van der Waals surface area contributed by atoms with Gasteiger partial charge in [-0.3, -0.25) is 9.58 Å². The third-order valence-corrected chi connectivity index (χ3v) is 5.29. The van der Waals surface area contributed by atoms with Gasteiger partial charge in [0.05, 0.1) is 12.1 Å². The summed E-state index contributed by atoms with van der Waals surface area (Å²) >= 11 is 0. The second kappa shape index (κ2) is 5.79. The van der Waals surface area contributed by atoms with Crippen LogP contribution >= 0.6 is 0 Å². The van der Waals surface area contributed by atoms with Crippen LogP contribution in [-0.4, -0.2) is 46.8 Å². The Morgan fingerprint density at radius 3 is 3.04 bits per heavy atom. The fourth-order valence-corrected chi connectivity index (χ4v) is 4.19. The van der Waals surface area contributed by atoms with E-state index in [0.29, 0.717) is 18.9 Å². The Morgan fingerprint density at radius 1 is 1.17 bits per heavy atom. The van der Waals surface area contributed by atoms with E-state index >= 15 is 0 Å². The first-order valence-corrected chi connectivity index (χ1v) is 8.62. The van der Waals surface area contributed by atoms with Crippen LogP contribution in [0.2, 0.25) is 0 Å². The third-order valence-electron chi connectivity index (χ3n) is 5.29. The van der Waals surface area contributed by atoms with Gasteiger partial charge < -0.3 is 14.2 Å². The molecule has 5 rings (SSSR count). The smallest absolute Gasteiger partial charge is 0.231 e. The van der Waals surface area contributed by atoms with Crippen LogP contribution in [0.1, 0.15) is 24.4 Å². The van der Waals surface area contributed by atoms with E-state index in [1.807, 2.05) is 24.5 Å². The molecule has 0 saturated carbocycles. The Morgan fingerprint density at radius 2 is 2.12 bits per heavy atom. The fraction of sp³-hybridized carbons (Fsp3) is 0.500. The molecule has 0 unspecified atom stereocenters. The van der Waals surface area contributed by atoms with Gasteiger partial charge in [0.1, 0.15) is 0 Å². The number of aromatic nitrogens is 2. The van der Waals surface area contributed by atoms with Gasteiger partial charge in [-0.2, -0.15) is 5.10 Å². The molecule has 2 saturated heterocycles. The summed E-state index contributed by atoms with van der Waals surface area (Å²) in [5.74, 6) is 1.69. The van der Waals surface area contributed by atoms with Crippen molar-refractivity contribution < 1.29 is 14.2 Å². The molecule has 3 aliphatic heterocycles. The highest BCUT2D eigenvalue weighted by Gasteiger charge is 2.45. The third kappa shape index (κ3) is 2.37. The molecule has 6 heteroatoms. The second-order valence-corrected chi connectivity index (χ2v) is 6.72. The predicted octanol–water partition coefficient (Wildman–Crippen LogP) is 2.22. The van der Waals surface area contributed by atoms with Gasteiger partial charge in [-0.25, -0.2) is 0 Å². The lowest BCUT2D eigenvalue weighted by molar-refractivity contribution is -0.0281. The molecule has 3 aliphatic rings.